The van der Waals surface area contributed by atoms with Crippen LogP contribution in [0.25, 0.3) is 0 Å². The lowest BCUT2D eigenvalue weighted by molar-refractivity contribution is 0.328. The van der Waals surface area contributed by atoms with Crippen LogP contribution in [0.2, 0.25) is 0 Å². The van der Waals surface area contributed by atoms with Gasteiger partial charge in [0.2, 0.25) is 0 Å². The van der Waals surface area contributed by atoms with Gasteiger partial charge in [-0.15, -0.1) is 0 Å². The summed E-state index contributed by atoms with van der Waals surface area (Å²) in [5.74, 6) is 1.62. The van der Waals surface area contributed by atoms with Crippen LogP contribution in [-0.4, -0.2) is 0 Å². The van der Waals surface area contributed by atoms with Gasteiger partial charge in [-0.2, -0.15) is 0 Å². The van der Waals surface area contributed by atoms with E-state index in [9.17, 15) is 0 Å². The third-order valence-electron chi connectivity index (χ3n) is 3.74. The van der Waals surface area contributed by atoms with Crippen molar-refractivity contribution in [3.63, 3.8) is 0 Å². The van der Waals surface area contributed by atoms with E-state index < -0.39 is 0 Å². The van der Waals surface area contributed by atoms with Crippen LogP contribution in [0.3, 0.4) is 0 Å². The third kappa shape index (κ3) is 1.21. The molecule has 0 radical (unpaired) electrons. The summed E-state index contributed by atoms with van der Waals surface area (Å²) in [5.41, 5.74) is 3.05. The van der Waals surface area contributed by atoms with Gasteiger partial charge in [-0.3, -0.25) is 0 Å². The molecule has 3 aliphatic rings. The molecule has 0 amide bonds. The molecular weight excluding hydrogens is 168 g/mol. The van der Waals surface area contributed by atoms with E-state index in [1.807, 2.05) is 0 Å². The van der Waals surface area contributed by atoms with Gasteiger partial charge in [0.15, 0.2) is 0 Å². The Kier molecular flexibility index (Phi) is 1.93. The van der Waals surface area contributed by atoms with Crippen molar-refractivity contribution in [1.82, 2.24) is 0 Å². The molecule has 0 heteroatoms. The lowest BCUT2D eigenvalue weighted by Gasteiger charge is -2.30. The summed E-state index contributed by atoms with van der Waals surface area (Å²) in [7, 11) is 0. The van der Waals surface area contributed by atoms with Crippen molar-refractivity contribution in [2.75, 3.05) is 0 Å². The first-order valence-corrected chi connectivity index (χ1v) is 5.72. The maximum absolute atomic E-state index is 2.42. The molecule has 3 rings (SSSR count). The van der Waals surface area contributed by atoms with Gasteiger partial charge in [-0.05, 0) is 35.8 Å². The zero-order valence-electron chi connectivity index (χ0n) is 8.45. The first kappa shape index (κ1) is 8.28. The molecule has 0 aromatic carbocycles. The zero-order chi connectivity index (χ0) is 9.38. The number of fused-ring (bicyclic) bond motifs is 3. The molecule has 14 heavy (non-hydrogen) atoms. The molecular formula is C14H16. The number of rotatable bonds is 0. The van der Waals surface area contributed by atoms with Crippen molar-refractivity contribution in [2.45, 2.75) is 25.7 Å². The van der Waals surface area contributed by atoms with E-state index in [1.54, 1.807) is 5.57 Å². The smallest absolute Gasteiger partial charge is 0.00930 e. The Bertz CT molecular complexity index is 352. The summed E-state index contributed by atoms with van der Waals surface area (Å²) < 4.78 is 0. The van der Waals surface area contributed by atoms with E-state index in [1.165, 1.54) is 31.3 Å². The van der Waals surface area contributed by atoms with Crippen LogP contribution in [0.15, 0.2) is 47.6 Å². The molecule has 0 aromatic heterocycles. The molecule has 0 saturated heterocycles. The number of allylic oxidation sites excluding steroid dienone is 8. The molecule has 2 unspecified atom stereocenters. The molecule has 0 aliphatic heterocycles. The van der Waals surface area contributed by atoms with Gasteiger partial charge in [0.25, 0.3) is 0 Å². The SMILES string of the molecule is C1=CC2=CC=CC3CCCCC3C2=C1. The highest BCUT2D eigenvalue weighted by Crippen LogP contribution is 2.41. The summed E-state index contributed by atoms with van der Waals surface area (Å²) >= 11 is 0. The Hall–Kier alpha value is -1.04. The lowest BCUT2D eigenvalue weighted by Crippen LogP contribution is -2.19. The standard InChI is InChI=1S/C14H16/c1-2-9-13-11(5-1)6-3-7-12-8-4-10-14(12)13/h3-4,6-8,10-11,13H,1-2,5,9H2. The molecule has 0 bridgehead atoms. The average molecular weight is 184 g/mol. The fourth-order valence-electron chi connectivity index (χ4n) is 3.02. The Labute approximate surface area is 85.7 Å². The predicted molar refractivity (Wildman–Crippen MR) is 59.9 cm³/mol. The molecule has 2 atom stereocenters. The normalized spacial score (nSPS) is 34.3. The first-order chi connectivity index (χ1) is 6.95. The van der Waals surface area contributed by atoms with Crippen molar-refractivity contribution in [2.24, 2.45) is 11.8 Å². The van der Waals surface area contributed by atoms with Gasteiger partial charge in [0.1, 0.15) is 0 Å². The monoisotopic (exact) mass is 184 g/mol. The molecule has 0 N–H and O–H groups in total. The van der Waals surface area contributed by atoms with E-state index in [0.717, 1.165) is 11.8 Å². The van der Waals surface area contributed by atoms with Gasteiger partial charge < -0.3 is 0 Å². The minimum absolute atomic E-state index is 0.809. The zero-order valence-corrected chi connectivity index (χ0v) is 8.45. The highest BCUT2D eigenvalue weighted by Gasteiger charge is 2.29. The average Bonchev–Trinajstić information content (AvgIpc) is 2.61. The topological polar surface area (TPSA) is 0 Å². The summed E-state index contributed by atoms with van der Waals surface area (Å²) in [6, 6.07) is 0. The predicted octanol–water partition coefficient (Wildman–Crippen LogP) is 3.79. The first-order valence-electron chi connectivity index (χ1n) is 5.72. The molecule has 0 nitrogen and oxygen atoms in total. The van der Waals surface area contributed by atoms with Crippen LogP contribution < -0.4 is 0 Å². The Morgan fingerprint density at radius 3 is 2.93 bits per heavy atom. The number of hydrogen-bond acceptors (Lipinski definition) is 0. The van der Waals surface area contributed by atoms with Gasteiger partial charge in [0.05, 0.1) is 0 Å². The minimum Gasteiger partial charge on any atom is -0.0808 e. The molecule has 1 saturated carbocycles. The van der Waals surface area contributed by atoms with Gasteiger partial charge in [0, 0.05) is 0 Å². The van der Waals surface area contributed by atoms with Gasteiger partial charge >= 0.3 is 0 Å². The molecule has 0 aromatic rings. The van der Waals surface area contributed by atoms with E-state index in [2.05, 4.69) is 36.5 Å². The van der Waals surface area contributed by atoms with Gasteiger partial charge in [-0.1, -0.05) is 49.3 Å². The van der Waals surface area contributed by atoms with Gasteiger partial charge in [-0.25, -0.2) is 0 Å². The quantitative estimate of drug-likeness (QED) is 0.537. The molecule has 3 aliphatic carbocycles. The van der Waals surface area contributed by atoms with E-state index in [4.69, 9.17) is 0 Å². The van der Waals surface area contributed by atoms with E-state index in [-0.39, 0.29) is 0 Å². The van der Waals surface area contributed by atoms with Crippen LogP contribution in [-0.2, 0) is 0 Å². The summed E-state index contributed by atoms with van der Waals surface area (Å²) in [6.07, 6.45) is 19.3. The largest absolute Gasteiger partial charge is 0.0808 e. The van der Waals surface area contributed by atoms with Crippen molar-refractivity contribution >= 4 is 0 Å². The lowest BCUT2D eigenvalue weighted by atomic mass is 9.75. The van der Waals surface area contributed by atoms with Crippen molar-refractivity contribution < 1.29 is 0 Å². The fraction of sp³-hybridized carbons (Fsp3) is 0.429. The molecule has 0 spiro atoms. The highest BCUT2D eigenvalue weighted by atomic mass is 14.3. The second kappa shape index (κ2) is 3.27. The van der Waals surface area contributed by atoms with Crippen LogP contribution in [0, 0.1) is 11.8 Å². The van der Waals surface area contributed by atoms with Crippen LogP contribution in [0.5, 0.6) is 0 Å². The third-order valence-corrected chi connectivity index (χ3v) is 3.74. The second-order valence-corrected chi connectivity index (χ2v) is 4.54. The highest BCUT2D eigenvalue weighted by molar-refractivity contribution is 5.52. The van der Waals surface area contributed by atoms with Crippen molar-refractivity contribution in [3.05, 3.63) is 47.6 Å². The van der Waals surface area contributed by atoms with E-state index in [0.29, 0.717) is 0 Å². The van der Waals surface area contributed by atoms with Crippen molar-refractivity contribution in [3.8, 4) is 0 Å². The Balaban J connectivity index is 1.98. The summed E-state index contributed by atoms with van der Waals surface area (Å²) in [5, 5.41) is 0. The second-order valence-electron chi connectivity index (χ2n) is 4.54. The fourth-order valence-corrected chi connectivity index (χ4v) is 3.02. The van der Waals surface area contributed by atoms with Crippen LogP contribution in [0.4, 0.5) is 0 Å². The Morgan fingerprint density at radius 2 is 1.93 bits per heavy atom. The van der Waals surface area contributed by atoms with Crippen LogP contribution >= 0.6 is 0 Å². The minimum atomic E-state index is 0.809. The molecule has 1 fully saturated rings. The number of hydrogen-bond donors (Lipinski definition) is 0. The Morgan fingerprint density at radius 1 is 1.00 bits per heavy atom. The molecule has 72 valence electrons. The maximum atomic E-state index is 2.42. The van der Waals surface area contributed by atoms with Crippen LogP contribution in [0.1, 0.15) is 25.7 Å². The summed E-state index contributed by atoms with van der Waals surface area (Å²) in [6.45, 7) is 0. The van der Waals surface area contributed by atoms with Crippen molar-refractivity contribution in [1.29, 1.82) is 0 Å². The maximum Gasteiger partial charge on any atom is -0.00930 e. The summed E-state index contributed by atoms with van der Waals surface area (Å²) in [4.78, 5) is 0. The van der Waals surface area contributed by atoms with E-state index >= 15 is 0 Å². The molecule has 0 heterocycles.